The number of anilines is 1. The summed E-state index contributed by atoms with van der Waals surface area (Å²) in [6, 6.07) is 8.26. The van der Waals surface area contributed by atoms with Gasteiger partial charge in [0.2, 0.25) is 0 Å². The molecule has 0 saturated carbocycles. The number of halogens is 1. The Morgan fingerprint density at radius 3 is 2.92 bits per heavy atom. The zero-order chi connectivity index (χ0) is 16.2. The van der Waals surface area contributed by atoms with Gasteiger partial charge in [0, 0.05) is 12.7 Å². The van der Waals surface area contributed by atoms with Crippen molar-refractivity contribution >= 4 is 35.6 Å². The average Bonchev–Trinajstić information content (AvgIpc) is 2.88. The van der Waals surface area contributed by atoms with Gasteiger partial charge < -0.3 is 11.1 Å². The van der Waals surface area contributed by atoms with Crippen molar-refractivity contribution in [1.82, 2.24) is 9.78 Å². The quantitative estimate of drug-likeness (QED) is 0.436. The van der Waals surface area contributed by atoms with Gasteiger partial charge in [0.25, 0.3) is 0 Å². The molecule has 5 nitrogen and oxygen atoms in total. The Hall–Kier alpha value is -1.57. The molecule has 130 valence electrons. The summed E-state index contributed by atoms with van der Waals surface area (Å²) in [4.78, 5) is 4.51. The molecule has 0 bridgehead atoms. The highest BCUT2D eigenvalue weighted by molar-refractivity contribution is 14.0. The van der Waals surface area contributed by atoms with Crippen LogP contribution in [0.2, 0.25) is 0 Å². The number of fused-ring (bicyclic) bond motifs is 1. The van der Waals surface area contributed by atoms with E-state index in [9.17, 15) is 0 Å². The fraction of sp³-hybridized carbons (Fsp3) is 0.444. The number of nitrogens with one attached hydrogen (secondary N) is 1. The smallest absolute Gasteiger partial charge is 0.193 e. The Morgan fingerprint density at radius 2 is 2.12 bits per heavy atom. The van der Waals surface area contributed by atoms with Gasteiger partial charge in [-0.05, 0) is 55.4 Å². The maximum Gasteiger partial charge on any atom is 0.193 e. The summed E-state index contributed by atoms with van der Waals surface area (Å²) in [6.45, 7) is 2.72. The first kappa shape index (κ1) is 18.8. The van der Waals surface area contributed by atoms with Crippen molar-refractivity contribution in [2.45, 2.75) is 45.6 Å². The van der Waals surface area contributed by atoms with E-state index in [0.29, 0.717) is 12.5 Å². The van der Waals surface area contributed by atoms with Crippen molar-refractivity contribution in [2.75, 3.05) is 5.32 Å². The molecule has 0 aliphatic heterocycles. The number of nitrogens with two attached hydrogens (primary N) is 1. The first-order valence-electron chi connectivity index (χ1n) is 8.37. The molecule has 24 heavy (non-hydrogen) atoms. The predicted octanol–water partition coefficient (Wildman–Crippen LogP) is 3.41. The van der Waals surface area contributed by atoms with Crippen LogP contribution in [0.4, 0.5) is 5.69 Å². The Balaban J connectivity index is 0.00000208. The van der Waals surface area contributed by atoms with Crippen molar-refractivity contribution in [1.29, 1.82) is 0 Å². The molecule has 0 saturated heterocycles. The zero-order valence-corrected chi connectivity index (χ0v) is 16.7. The lowest BCUT2D eigenvalue weighted by molar-refractivity contribution is 0.663. The van der Waals surface area contributed by atoms with Crippen molar-refractivity contribution in [2.24, 2.45) is 17.8 Å². The molecular weight excluding hydrogens is 413 g/mol. The number of hydrogen-bond donors (Lipinski definition) is 2. The highest BCUT2D eigenvalue weighted by atomic mass is 127. The van der Waals surface area contributed by atoms with E-state index < -0.39 is 0 Å². The number of aryl methyl sites for hydroxylation is 3. The standard InChI is InChI=1S/C18H25N5.HI/c1-3-13-7-6-8-14(11-13)21-18(19)20-12-17-15-9-4-5-10-16(15)22-23(17)2;/h6-8,11H,3-5,9-10,12H2,1-2H3,(H3,19,20,21);1H. The van der Waals surface area contributed by atoms with Crippen LogP contribution in [0.1, 0.15) is 42.3 Å². The minimum absolute atomic E-state index is 0. The van der Waals surface area contributed by atoms with Gasteiger partial charge in [0.1, 0.15) is 0 Å². The van der Waals surface area contributed by atoms with Crippen LogP contribution in [-0.4, -0.2) is 15.7 Å². The Kier molecular flexibility index (Phi) is 6.65. The van der Waals surface area contributed by atoms with Crippen LogP contribution in [0.25, 0.3) is 0 Å². The zero-order valence-electron chi connectivity index (χ0n) is 14.4. The molecule has 3 rings (SSSR count). The van der Waals surface area contributed by atoms with Crippen LogP contribution in [0.5, 0.6) is 0 Å². The van der Waals surface area contributed by atoms with E-state index in [1.165, 1.54) is 35.4 Å². The maximum atomic E-state index is 6.05. The van der Waals surface area contributed by atoms with E-state index in [1.807, 2.05) is 23.9 Å². The van der Waals surface area contributed by atoms with Gasteiger partial charge in [-0.1, -0.05) is 19.1 Å². The Labute approximate surface area is 160 Å². The lowest BCUT2D eigenvalue weighted by Gasteiger charge is -2.11. The molecule has 1 aromatic carbocycles. The van der Waals surface area contributed by atoms with Gasteiger partial charge in [-0.25, -0.2) is 4.99 Å². The number of nitrogens with zero attached hydrogens (tertiary/aromatic N) is 3. The van der Waals surface area contributed by atoms with Gasteiger partial charge in [-0.15, -0.1) is 24.0 Å². The second-order valence-corrected chi connectivity index (χ2v) is 6.08. The first-order chi connectivity index (χ1) is 11.2. The summed E-state index contributed by atoms with van der Waals surface area (Å²) in [6.07, 6.45) is 5.69. The molecule has 0 atom stereocenters. The molecule has 0 amide bonds. The molecule has 6 heteroatoms. The first-order valence-corrected chi connectivity index (χ1v) is 8.37. The number of aromatic nitrogens is 2. The Bertz CT molecular complexity index is 720. The molecule has 0 unspecified atom stereocenters. The molecule has 0 radical (unpaired) electrons. The van der Waals surface area contributed by atoms with Crippen LogP contribution < -0.4 is 11.1 Å². The third-order valence-corrected chi connectivity index (χ3v) is 4.46. The number of hydrogen-bond acceptors (Lipinski definition) is 2. The summed E-state index contributed by atoms with van der Waals surface area (Å²) in [5, 5.41) is 7.80. The fourth-order valence-electron chi connectivity index (χ4n) is 3.16. The minimum atomic E-state index is 0. The van der Waals surface area contributed by atoms with Crippen LogP contribution >= 0.6 is 24.0 Å². The van der Waals surface area contributed by atoms with E-state index >= 15 is 0 Å². The van der Waals surface area contributed by atoms with E-state index in [-0.39, 0.29) is 24.0 Å². The highest BCUT2D eigenvalue weighted by Gasteiger charge is 2.18. The predicted molar refractivity (Wildman–Crippen MR) is 110 cm³/mol. The number of rotatable bonds is 4. The van der Waals surface area contributed by atoms with Gasteiger partial charge >= 0.3 is 0 Å². The van der Waals surface area contributed by atoms with Crippen molar-refractivity contribution in [3.63, 3.8) is 0 Å². The third-order valence-electron chi connectivity index (χ3n) is 4.46. The number of aliphatic imine (C=N–C) groups is 1. The monoisotopic (exact) mass is 439 g/mol. The summed E-state index contributed by atoms with van der Waals surface area (Å²) in [5.74, 6) is 0.448. The number of guanidine groups is 1. The minimum Gasteiger partial charge on any atom is -0.370 e. The molecule has 0 fully saturated rings. The van der Waals surface area contributed by atoms with Gasteiger partial charge in [-0.3, -0.25) is 4.68 Å². The summed E-state index contributed by atoms with van der Waals surface area (Å²) in [5.41, 5.74) is 12.1. The lowest BCUT2D eigenvalue weighted by Crippen LogP contribution is -2.23. The molecular formula is C18H26IN5. The molecule has 0 spiro atoms. The second-order valence-electron chi connectivity index (χ2n) is 6.08. The average molecular weight is 439 g/mol. The van der Waals surface area contributed by atoms with Crippen LogP contribution in [-0.2, 0) is 32.9 Å². The molecule has 1 aromatic heterocycles. The topological polar surface area (TPSA) is 68.2 Å². The van der Waals surface area contributed by atoms with E-state index in [2.05, 4.69) is 34.5 Å². The Morgan fingerprint density at radius 1 is 1.33 bits per heavy atom. The van der Waals surface area contributed by atoms with Crippen LogP contribution in [0, 0.1) is 0 Å². The highest BCUT2D eigenvalue weighted by Crippen LogP contribution is 2.24. The molecule has 3 N–H and O–H groups in total. The third kappa shape index (κ3) is 4.28. The molecule has 1 aliphatic rings. The summed E-state index contributed by atoms with van der Waals surface area (Å²) >= 11 is 0. The summed E-state index contributed by atoms with van der Waals surface area (Å²) in [7, 11) is 2.00. The van der Waals surface area contributed by atoms with E-state index in [4.69, 9.17) is 5.73 Å². The van der Waals surface area contributed by atoms with Crippen molar-refractivity contribution in [3.8, 4) is 0 Å². The van der Waals surface area contributed by atoms with Gasteiger partial charge in [0.05, 0.1) is 17.9 Å². The summed E-state index contributed by atoms with van der Waals surface area (Å²) < 4.78 is 1.96. The molecule has 1 heterocycles. The maximum absolute atomic E-state index is 6.05. The van der Waals surface area contributed by atoms with Crippen molar-refractivity contribution < 1.29 is 0 Å². The van der Waals surface area contributed by atoms with E-state index in [0.717, 1.165) is 24.9 Å². The van der Waals surface area contributed by atoms with E-state index in [1.54, 1.807) is 0 Å². The normalized spacial score (nSPS) is 14.0. The number of benzene rings is 1. The lowest BCUT2D eigenvalue weighted by atomic mass is 9.96. The second kappa shape index (κ2) is 8.50. The molecule has 1 aliphatic carbocycles. The van der Waals surface area contributed by atoms with Gasteiger partial charge in [-0.2, -0.15) is 5.10 Å². The SMILES string of the molecule is CCc1cccc(NC(N)=NCc2c3c(nn2C)CCCC3)c1.I. The van der Waals surface area contributed by atoms with Gasteiger partial charge in [0.15, 0.2) is 5.96 Å². The van der Waals surface area contributed by atoms with Crippen LogP contribution in [0.15, 0.2) is 29.3 Å². The fourth-order valence-corrected chi connectivity index (χ4v) is 3.16. The van der Waals surface area contributed by atoms with Crippen LogP contribution in [0.3, 0.4) is 0 Å². The van der Waals surface area contributed by atoms with Crippen molar-refractivity contribution in [3.05, 3.63) is 46.8 Å². The molecule has 2 aromatic rings. The largest absolute Gasteiger partial charge is 0.370 e.